The first-order valence-corrected chi connectivity index (χ1v) is 6.72. The molecule has 1 rings (SSSR count). The number of halogens is 1. The minimum atomic E-state index is 0.330. The maximum absolute atomic E-state index is 4.40. The molecule has 0 aliphatic heterocycles. The summed E-state index contributed by atoms with van der Waals surface area (Å²) in [6.45, 7) is 10.4. The van der Waals surface area contributed by atoms with Crippen molar-refractivity contribution in [1.29, 1.82) is 0 Å². The molecule has 0 fully saturated rings. The Morgan fingerprint density at radius 3 is 2.59 bits per heavy atom. The van der Waals surface area contributed by atoms with E-state index in [0.717, 1.165) is 29.8 Å². The van der Waals surface area contributed by atoms with Crippen molar-refractivity contribution in [2.45, 2.75) is 34.1 Å². The molecule has 0 unspecified atom stereocenters. The van der Waals surface area contributed by atoms with Crippen molar-refractivity contribution in [2.24, 2.45) is 5.41 Å². The van der Waals surface area contributed by atoms with Crippen LogP contribution in [0.4, 0.5) is 11.8 Å². The maximum atomic E-state index is 4.40. The Labute approximate surface area is 112 Å². The predicted molar refractivity (Wildman–Crippen MR) is 76.5 cm³/mol. The molecule has 0 aromatic carbocycles. The Kier molecular flexibility index (Phi) is 5.18. The van der Waals surface area contributed by atoms with Gasteiger partial charge in [0.25, 0.3) is 0 Å². The molecule has 0 radical (unpaired) electrons. The van der Waals surface area contributed by atoms with E-state index in [1.807, 2.05) is 6.92 Å². The van der Waals surface area contributed by atoms with Crippen LogP contribution in [0.2, 0.25) is 0 Å². The van der Waals surface area contributed by atoms with Crippen molar-refractivity contribution in [2.75, 3.05) is 23.7 Å². The van der Waals surface area contributed by atoms with Crippen LogP contribution in [-0.4, -0.2) is 23.1 Å². The van der Waals surface area contributed by atoms with Crippen LogP contribution in [-0.2, 0) is 0 Å². The molecule has 96 valence electrons. The van der Waals surface area contributed by atoms with Crippen molar-refractivity contribution in [3.63, 3.8) is 0 Å². The SMILES string of the molecule is CCNc1ncc(Br)c(NCCC(C)(C)C)n1. The highest BCUT2D eigenvalue weighted by molar-refractivity contribution is 9.10. The second kappa shape index (κ2) is 6.19. The molecule has 0 amide bonds. The van der Waals surface area contributed by atoms with Crippen LogP contribution < -0.4 is 10.6 Å². The first-order chi connectivity index (χ1) is 7.92. The molecule has 2 N–H and O–H groups in total. The summed E-state index contributed by atoms with van der Waals surface area (Å²) in [5.74, 6) is 1.51. The van der Waals surface area contributed by atoms with E-state index in [2.05, 4.69) is 57.3 Å². The highest BCUT2D eigenvalue weighted by Gasteiger charge is 2.10. The molecule has 0 aliphatic carbocycles. The zero-order valence-electron chi connectivity index (χ0n) is 11.0. The molecule has 0 aliphatic rings. The first-order valence-electron chi connectivity index (χ1n) is 5.92. The summed E-state index contributed by atoms with van der Waals surface area (Å²) in [5, 5.41) is 6.43. The van der Waals surface area contributed by atoms with E-state index in [9.17, 15) is 0 Å². The Morgan fingerprint density at radius 2 is 2.00 bits per heavy atom. The average molecular weight is 301 g/mol. The number of anilines is 2. The molecule has 17 heavy (non-hydrogen) atoms. The van der Waals surface area contributed by atoms with Crippen LogP contribution in [0, 0.1) is 5.41 Å². The van der Waals surface area contributed by atoms with Crippen LogP contribution in [0.5, 0.6) is 0 Å². The fourth-order valence-electron chi connectivity index (χ4n) is 1.29. The van der Waals surface area contributed by atoms with Crippen molar-refractivity contribution in [3.05, 3.63) is 10.7 Å². The third kappa shape index (κ3) is 5.35. The Morgan fingerprint density at radius 1 is 1.29 bits per heavy atom. The Bertz CT molecular complexity index is 360. The van der Waals surface area contributed by atoms with Crippen LogP contribution in [0.3, 0.4) is 0 Å². The smallest absolute Gasteiger partial charge is 0.224 e. The maximum Gasteiger partial charge on any atom is 0.224 e. The van der Waals surface area contributed by atoms with Crippen LogP contribution in [0.25, 0.3) is 0 Å². The molecule has 0 spiro atoms. The van der Waals surface area contributed by atoms with Gasteiger partial charge in [-0.05, 0) is 34.7 Å². The third-order valence-corrected chi connectivity index (χ3v) is 2.83. The lowest BCUT2D eigenvalue weighted by Crippen LogP contribution is -2.14. The van der Waals surface area contributed by atoms with Gasteiger partial charge in [-0.25, -0.2) is 4.98 Å². The molecule has 1 heterocycles. The fraction of sp³-hybridized carbons (Fsp3) is 0.667. The normalized spacial score (nSPS) is 11.4. The van der Waals surface area contributed by atoms with E-state index < -0.39 is 0 Å². The number of rotatable bonds is 5. The lowest BCUT2D eigenvalue weighted by molar-refractivity contribution is 0.389. The second-order valence-electron chi connectivity index (χ2n) is 5.16. The van der Waals surface area contributed by atoms with Gasteiger partial charge in [0.2, 0.25) is 5.95 Å². The molecule has 0 bridgehead atoms. The molecule has 1 aromatic rings. The fourth-order valence-corrected chi connectivity index (χ4v) is 1.62. The quantitative estimate of drug-likeness (QED) is 0.873. The summed E-state index contributed by atoms with van der Waals surface area (Å²) in [6, 6.07) is 0. The van der Waals surface area contributed by atoms with Gasteiger partial charge in [0.15, 0.2) is 0 Å². The lowest BCUT2D eigenvalue weighted by Gasteiger charge is -2.18. The lowest BCUT2D eigenvalue weighted by atomic mass is 9.92. The van der Waals surface area contributed by atoms with Gasteiger partial charge in [0, 0.05) is 19.3 Å². The number of nitrogens with zero attached hydrogens (tertiary/aromatic N) is 2. The van der Waals surface area contributed by atoms with Gasteiger partial charge >= 0.3 is 0 Å². The number of hydrogen-bond acceptors (Lipinski definition) is 4. The standard InChI is InChI=1S/C12H21BrN4/c1-5-14-11-16-8-9(13)10(17-11)15-7-6-12(2,3)4/h8H,5-7H2,1-4H3,(H2,14,15,16,17). The summed E-state index contributed by atoms with van der Waals surface area (Å²) in [5.41, 5.74) is 0.330. The first kappa shape index (κ1) is 14.2. The highest BCUT2D eigenvalue weighted by Crippen LogP contribution is 2.22. The van der Waals surface area contributed by atoms with Crippen molar-refractivity contribution < 1.29 is 0 Å². The monoisotopic (exact) mass is 300 g/mol. The van der Waals surface area contributed by atoms with Gasteiger partial charge in [0.1, 0.15) is 5.82 Å². The molecule has 0 atom stereocenters. The number of aromatic nitrogens is 2. The topological polar surface area (TPSA) is 49.8 Å². The largest absolute Gasteiger partial charge is 0.369 e. The third-order valence-electron chi connectivity index (χ3n) is 2.25. The van der Waals surface area contributed by atoms with Gasteiger partial charge in [-0.3, -0.25) is 0 Å². The van der Waals surface area contributed by atoms with E-state index in [1.165, 1.54) is 0 Å². The Balaban J connectivity index is 2.60. The molecule has 1 aromatic heterocycles. The van der Waals surface area contributed by atoms with E-state index >= 15 is 0 Å². The van der Waals surface area contributed by atoms with Crippen LogP contribution in [0.1, 0.15) is 34.1 Å². The van der Waals surface area contributed by atoms with Gasteiger partial charge < -0.3 is 10.6 Å². The number of hydrogen-bond donors (Lipinski definition) is 2. The Hall–Kier alpha value is -0.840. The summed E-state index contributed by atoms with van der Waals surface area (Å²) in [6.07, 6.45) is 2.87. The molecule has 0 saturated heterocycles. The van der Waals surface area contributed by atoms with Gasteiger partial charge in [-0.1, -0.05) is 20.8 Å². The van der Waals surface area contributed by atoms with Crippen molar-refractivity contribution in [3.8, 4) is 0 Å². The van der Waals surface area contributed by atoms with E-state index in [1.54, 1.807) is 6.20 Å². The van der Waals surface area contributed by atoms with E-state index in [0.29, 0.717) is 11.4 Å². The van der Waals surface area contributed by atoms with Gasteiger partial charge in [-0.15, -0.1) is 0 Å². The van der Waals surface area contributed by atoms with Crippen molar-refractivity contribution in [1.82, 2.24) is 9.97 Å². The molecular formula is C12H21BrN4. The molecular weight excluding hydrogens is 280 g/mol. The predicted octanol–water partition coefficient (Wildman–Crippen LogP) is 3.52. The van der Waals surface area contributed by atoms with Gasteiger partial charge in [-0.2, -0.15) is 4.98 Å². The summed E-state index contributed by atoms with van der Waals surface area (Å²) in [4.78, 5) is 8.58. The highest BCUT2D eigenvalue weighted by atomic mass is 79.9. The summed E-state index contributed by atoms with van der Waals surface area (Å²) < 4.78 is 0.896. The molecule has 4 nitrogen and oxygen atoms in total. The minimum absolute atomic E-state index is 0.330. The minimum Gasteiger partial charge on any atom is -0.369 e. The van der Waals surface area contributed by atoms with Crippen LogP contribution >= 0.6 is 15.9 Å². The van der Waals surface area contributed by atoms with Crippen molar-refractivity contribution >= 4 is 27.7 Å². The summed E-state index contributed by atoms with van der Waals surface area (Å²) >= 11 is 3.45. The van der Waals surface area contributed by atoms with E-state index in [-0.39, 0.29) is 0 Å². The second-order valence-corrected chi connectivity index (χ2v) is 6.01. The molecule has 0 saturated carbocycles. The number of nitrogens with one attached hydrogen (secondary N) is 2. The zero-order chi connectivity index (χ0) is 12.9. The zero-order valence-corrected chi connectivity index (χ0v) is 12.6. The average Bonchev–Trinajstić information content (AvgIpc) is 2.21. The van der Waals surface area contributed by atoms with E-state index in [4.69, 9.17) is 0 Å². The summed E-state index contributed by atoms with van der Waals surface area (Å²) in [7, 11) is 0. The van der Waals surface area contributed by atoms with Gasteiger partial charge in [0.05, 0.1) is 4.47 Å². The van der Waals surface area contributed by atoms with Crippen LogP contribution in [0.15, 0.2) is 10.7 Å². The molecule has 5 heteroatoms.